The van der Waals surface area contributed by atoms with Gasteiger partial charge in [-0.15, -0.1) is 0 Å². The molecule has 0 spiro atoms. The maximum atomic E-state index is 11.7. The lowest BCUT2D eigenvalue weighted by molar-refractivity contribution is -0.117. The van der Waals surface area contributed by atoms with E-state index in [9.17, 15) is 4.79 Å². The molecule has 0 aromatic heterocycles. The quantitative estimate of drug-likeness (QED) is 0.829. The van der Waals surface area contributed by atoms with E-state index in [0.29, 0.717) is 0 Å². The smallest absolute Gasteiger partial charge is 0.244 e. The van der Waals surface area contributed by atoms with Crippen molar-refractivity contribution in [3.63, 3.8) is 0 Å². The van der Waals surface area contributed by atoms with Crippen molar-refractivity contribution in [2.75, 3.05) is 6.79 Å². The van der Waals surface area contributed by atoms with Crippen LogP contribution < -0.4 is 14.8 Å². The lowest BCUT2D eigenvalue weighted by atomic mass is 10.1. The fraction of sp³-hybridized carbons (Fsp3) is 0.400. The Kier molecular flexibility index (Phi) is 4.44. The summed E-state index contributed by atoms with van der Waals surface area (Å²) in [5, 5.41) is 2.92. The first-order chi connectivity index (χ1) is 9.19. The predicted molar refractivity (Wildman–Crippen MR) is 74.1 cm³/mol. The zero-order valence-corrected chi connectivity index (χ0v) is 11.3. The Hall–Kier alpha value is -1.97. The molecule has 0 fully saturated rings. The van der Waals surface area contributed by atoms with Crippen LogP contribution >= 0.6 is 0 Å². The van der Waals surface area contributed by atoms with Crippen LogP contribution in [0.15, 0.2) is 24.3 Å². The first-order valence-electron chi connectivity index (χ1n) is 6.57. The molecule has 1 heterocycles. The minimum Gasteiger partial charge on any atom is -0.454 e. The van der Waals surface area contributed by atoms with E-state index in [1.807, 2.05) is 25.1 Å². The maximum Gasteiger partial charge on any atom is 0.244 e. The maximum absolute atomic E-state index is 11.7. The number of carbonyl (C=O) groups excluding carboxylic acids is 1. The van der Waals surface area contributed by atoms with Gasteiger partial charge in [-0.05, 0) is 37.1 Å². The molecule has 2 rings (SSSR count). The lowest BCUT2D eigenvalue weighted by Gasteiger charge is -2.10. The number of amides is 1. The first kappa shape index (κ1) is 13.5. The van der Waals surface area contributed by atoms with Gasteiger partial charge in [0.2, 0.25) is 12.7 Å². The zero-order chi connectivity index (χ0) is 13.7. The Morgan fingerprint density at radius 2 is 2.21 bits per heavy atom. The molecule has 1 atom stereocenters. The van der Waals surface area contributed by atoms with Crippen molar-refractivity contribution in [1.29, 1.82) is 0 Å². The highest BCUT2D eigenvalue weighted by Gasteiger charge is 2.12. The van der Waals surface area contributed by atoms with Gasteiger partial charge in [-0.3, -0.25) is 4.79 Å². The molecule has 1 aliphatic rings. The summed E-state index contributed by atoms with van der Waals surface area (Å²) in [6, 6.07) is 5.81. The number of ether oxygens (including phenoxy) is 2. The monoisotopic (exact) mass is 261 g/mol. The number of nitrogens with one attached hydrogen (secondary N) is 1. The molecule has 1 N–H and O–H groups in total. The van der Waals surface area contributed by atoms with E-state index in [-0.39, 0.29) is 18.7 Å². The normalized spacial score (nSPS) is 14.6. The van der Waals surface area contributed by atoms with Crippen molar-refractivity contribution in [1.82, 2.24) is 5.32 Å². The first-order valence-corrected chi connectivity index (χ1v) is 6.57. The lowest BCUT2D eigenvalue weighted by Crippen LogP contribution is -2.30. The van der Waals surface area contributed by atoms with Gasteiger partial charge in [0.1, 0.15) is 0 Å². The van der Waals surface area contributed by atoms with Crippen molar-refractivity contribution in [3.8, 4) is 11.5 Å². The summed E-state index contributed by atoms with van der Waals surface area (Å²) in [4.78, 5) is 11.7. The molecule has 0 unspecified atom stereocenters. The molecular formula is C15H19NO3. The van der Waals surface area contributed by atoms with E-state index < -0.39 is 0 Å². The van der Waals surface area contributed by atoms with Gasteiger partial charge in [-0.2, -0.15) is 0 Å². The molecule has 0 aliphatic carbocycles. The molecule has 1 aliphatic heterocycles. The van der Waals surface area contributed by atoms with E-state index >= 15 is 0 Å². The minimum absolute atomic E-state index is 0.0707. The fourth-order valence-electron chi connectivity index (χ4n) is 1.98. The molecule has 1 amide bonds. The average molecular weight is 261 g/mol. The third-order valence-corrected chi connectivity index (χ3v) is 2.93. The summed E-state index contributed by atoms with van der Waals surface area (Å²) in [6.07, 6.45) is 5.37. The second-order valence-corrected chi connectivity index (χ2v) is 4.64. The van der Waals surface area contributed by atoms with Crippen LogP contribution in [0.1, 0.15) is 32.3 Å². The second kappa shape index (κ2) is 6.27. The minimum atomic E-state index is -0.0707. The van der Waals surface area contributed by atoms with Crippen LogP contribution in [0.25, 0.3) is 6.08 Å². The van der Waals surface area contributed by atoms with E-state index in [1.54, 1.807) is 12.2 Å². The van der Waals surface area contributed by atoms with Gasteiger partial charge >= 0.3 is 0 Å². The van der Waals surface area contributed by atoms with E-state index in [4.69, 9.17) is 9.47 Å². The zero-order valence-electron chi connectivity index (χ0n) is 11.3. The number of rotatable bonds is 5. The number of hydrogen-bond donors (Lipinski definition) is 1. The number of hydrogen-bond acceptors (Lipinski definition) is 3. The summed E-state index contributed by atoms with van der Waals surface area (Å²) < 4.78 is 10.5. The van der Waals surface area contributed by atoms with Crippen LogP contribution in [0.2, 0.25) is 0 Å². The van der Waals surface area contributed by atoms with Gasteiger partial charge in [0, 0.05) is 12.1 Å². The summed E-state index contributed by atoms with van der Waals surface area (Å²) in [5.74, 6) is 1.40. The van der Waals surface area contributed by atoms with Crippen LogP contribution in [0.3, 0.4) is 0 Å². The fourth-order valence-corrected chi connectivity index (χ4v) is 1.98. The summed E-state index contributed by atoms with van der Waals surface area (Å²) in [6.45, 7) is 4.37. The van der Waals surface area contributed by atoms with Crippen LogP contribution in [-0.4, -0.2) is 18.7 Å². The number of fused-ring (bicyclic) bond motifs is 1. The Morgan fingerprint density at radius 3 is 3.00 bits per heavy atom. The van der Waals surface area contributed by atoms with Crippen LogP contribution in [0, 0.1) is 0 Å². The Balaban J connectivity index is 1.93. The predicted octanol–water partition coefficient (Wildman–Crippen LogP) is 2.73. The Bertz CT molecular complexity index is 482. The van der Waals surface area contributed by atoms with Gasteiger partial charge < -0.3 is 14.8 Å². The van der Waals surface area contributed by atoms with E-state index in [0.717, 1.165) is 29.9 Å². The average Bonchev–Trinajstić information content (AvgIpc) is 2.83. The third-order valence-electron chi connectivity index (χ3n) is 2.93. The molecule has 19 heavy (non-hydrogen) atoms. The molecule has 0 saturated heterocycles. The molecule has 1 aromatic rings. The van der Waals surface area contributed by atoms with Gasteiger partial charge in [0.15, 0.2) is 11.5 Å². The topological polar surface area (TPSA) is 47.6 Å². The van der Waals surface area contributed by atoms with Gasteiger partial charge in [0.05, 0.1) is 0 Å². The van der Waals surface area contributed by atoms with Crippen LogP contribution in [0.5, 0.6) is 11.5 Å². The Labute approximate surface area is 113 Å². The number of benzene rings is 1. The molecular weight excluding hydrogens is 242 g/mol. The van der Waals surface area contributed by atoms with Crippen LogP contribution in [-0.2, 0) is 4.79 Å². The standard InChI is InChI=1S/C15H19NO3/c1-3-4-11(2)16-15(17)8-6-12-5-7-13-14(9-12)19-10-18-13/h5-9,11H,3-4,10H2,1-2H3,(H,16,17)/b8-6+/t11-/m1/s1. The SMILES string of the molecule is CCC[C@@H](C)NC(=O)/C=C/c1ccc2c(c1)OCO2. The molecule has 0 saturated carbocycles. The molecule has 102 valence electrons. The molecule has 0 bridgehead atoms. The third kappa shape index (κ3) is 3.74. The van der Waals surface area contributed by atoms with Gasteiger partial charge in [-0.25, -0.2) is 0 Å². The van der Waals surface area contributed by atoms with Gasteiger partial charge in [0.25, 0.3) is 0 Å². The second-order valence-electron chi connectivity index (χ2n) is 4.64. The van der Waals surface area contributed by atoms with Crippen molar-refractivity contribution in [2.45, 2.75) is 32.7 Å². The van der Waals surface area contributed by atoms with E-state index in [1.165, 1.54) is 0 Å². The van der Waals surface area contributed by atoms with Crippen LogP contribution in [0.4, 0.5) is 0 Å². The Morgan fingerprint density at radius 1 is 1.42 bits per heavy atom. The van der Waals surface area contributed by atoms with Crippen molar-refractivity contribution >= 4 is 12.0 Å². The molecule has 1 aromatic carbocycles. The highest BCUT2D eigenvalue weighted by molar-refractivity contribution is 5.91. The highest BCUT2D eigenvalue weighted by atomic mass is 16.7. The highest BCUT2D eigenvalue weighted by Crippen LogP contribution is 2.32. The number of carbonyl (C=O) groups is 1. The van der Waals surface area contributed by atoms with Gasteiger partial charge in [-0.1, -0.05) is 19.4 Å². The molecule has 0 radical (unpaired) electrons. The summed E-state index contributed by atoms with van der Waals surface area (Å²) in [7, 11) is 0. The van der Waals surface area contributed by atoms with Crippen molar-refractivity contribution < 1.29 is 14.3 Å². The van der Waals surface area contributed by atoms with Crippen molar-refractivity contribution in [2.24, 2.45) is 0 Å². The molecule has 4 heteroatoms. The molecule has 4 nitrogen and oxygen atoms in total. The summed E-state index contributed by atoms with van der Waals surface area (Å²) >= 11 is 0. The van der Waals surface area contributed by atoms with Crippen molar-refractivity contribution in [3.05, 3.63) is 29.8 Å². The summed E-state index contributed by atoms with van der Waals surface area (Å²) in [5.41, 5.74) is 0.919. The van der Waals surface area contributed by atoms with E-state index in [2.05, 4.69) is 12.2 Å². The largest absolute Gasteiger partial charge is 0.454 e.